The van der Waals surface area contributed by atoms with Gasteiger partial charge in [-0.2, -0.15) is 0 Å². The maximum absolute atomic E-state index is 12.6. The highest BCUT2D eigenvalue weighted by molar-refractivity contribution is 5.80. The highest BCUT2D eigenvalue weighted by Crippen LogP contribution is 2.40. The van der Waals surface area contributed by atoms with Gasteiger partial charge in [0.1, 0.15) is 6.10 Å². The van der Waals surface area contributed by atoms with E-state index in [0.717, 1.165) is 57.6 Å². The Morgan fingerprint density at radius 2 is 1.96 bits per heavy atom. The van der Waals surface area contributed by atoms with Crippen molar-refractivity contribution < 1.29 is 14.3 Å². The van der Waals surface area contributed by atoms with E-state index in [2.05, 4.69) is 4.98 Å². The van der Waals surface area contributed by atoms with E-state index in [0.29, 0.717) is 6.42 Å². The van der Waals surface area contributed by atoms with Crippen molar-refractivity contribution in [2.45, 2.75) is 65.1 Å². The van der Waals surface area contributed by atoms with Crippen LogP contribution in [0.5, 0.6) is 0 Å². The Morgan fingerprint density at radius 1 is 1.21 bits per heavy atom. The van der Waals surface area contributed by atoms with Gasteiger partial charge in [-0.3, -0.25) is 14.6 Å². The third kappa shape index (κ3) is 5.10. The molecule has 154 valence electrons. The van der Waals surface area contributed by atoms with Crippen LogP contribution in [-0.4, -0.2) is 65.0 Å². The van der Waals surface area contributed by atoms with Gasteiger partial charge in [0.25, 0.3) is 5.91 Å². The van der Waals surface area contributed by atoms with Crippen molar-refractivity contribution in [3.63, 3.8) is 0 Å². The van der Waals surface area contributed by atoms with Crippen LogP contribution in [0.3, 0.4) is 0 Å². The van der Waals surface area contributed by atoms with Gasteiger partial charge in [0, 0.05) is 50.9 Å². The maximum atomic E-state index is 12.6. The summed E-state index contributed by atoms with van der Waals surface area (Å²) in [6, 6.07) is 5.90. The van der Waals surface area contributed by atoms with Gasteiger partial charge in [0.15, 0.2) is 0 Å². The Labute approximate surface area is 168 Å². The number of carbonyl (C=O) groups is 2. The fourth-order valence-electron chi connectivity index (χ4n) is 4.43. The molecule has 1 atom stereocenters. The van der Waals surface area contributed by atoms with Crippen LogP contribution < -0.4 is 0 Å². The summed E-state index contributed by atoms with van der Waals surface area (Å²) in [4.78, 5) is 33.4. The lowest BCUT2D eigenvalue weighted by Crippen LogP contribution is -2.53. The second-order valence-electron chi connectivity index (χ2n) is 8.54. The lowest BCUT2D eigenvalue weighted by molar-refractivity contribution is -0.150. The number of hydrogen-bond donors (Lipinski definition) is 0. The van der Waals surface area contributed by atoms with Crippen molar-refractivity contribution in [1.29, 1.82) is 0 Å². The van der Waals surface area contributed by atoms with Gasteiger partial charge >= 0.3 is 0 Å². The SMILES string of the molecule is CC(C)O[C@@H](C)C(=O)N1CCC2(CCC(=O)N(CCc3ccccn3)C2)CC1. The van der Waals surface area contributed by atoms with Crippen molar-refractivity contribution >= 4 is 11.8 Å². The molecule has 6 nitrogen and oxygen atoms in total. The zero-order valence-electron chi connectivity index (χ0n) is 17.4. The number of rotatable bonds is 6. The second-order valence-corrected chi connectivity index (χ2v) is 8.54. The monoisotopic (exact) mass is 387 g/mol. The van der Waals surface area contributed by atoms with E-state index in [4.69, 9.17) is 4.74 Å². The average Bonchev–Trinajstić information content (AvgIpc) is 2.69. The van der Waals surface area contributed by atoms with Gasteiger partial charge in [0.2, 0.25) is 5.91 Å². The van der Waals surface area contributed by atoms with Crippen LogP contribution in [0.1, 0.15) is 52.1 Å². The van der Waals surface area contributed by atoms with Gasteiger partial charge < -0.3 is 14.5 Å². The molecule has 6 heteroatoms. The van der Waals surface area contributed by atoms with Gasteiger partial charge in [-0.25, -0.2) is 0 Å². The summed E-state index contributed by atoms with van der Waals surface area (Å²) in [5, 5.41) is 0. The third-order valence-electron chi connectivity index (χ3n) is 6.07. The Morgan fingerprint density at radius 3 is 2.61 bits per heavy atom. The zero-order valence-corrected chi connectivity index (χ0v) is 17.4. The van der Waals surface area contributed by atoms with E-state index in [1.54, 1.807) is 6.20 Å². The molecule has 0 N–H and O–H groups in total. The highest BCUT2D eigenvalue weighted by Gasteiger charge is 2.42. The summed E-state index contributed by atoms with van der Waals surface area (Å²) in [5.74, 6) is 0.335. The fourth-order valence-corrected chi connectivity index (χ4v) is 4.43. The first-order valence-corrected chi connectivity index (χ1v) is 10.5. The molecule has 0 aromatic carbocycles. The average molecular weight is 388 g/mol. The predicted molar refractivity (Wildman–Crippen MR) is 108 cm³/mol. The van der Waals surface area contributed by atoms with E-state index >= 15 is 0 Å². The van der Waals surface area contributed by atoms with Gasteiger partial charge in [-0.15, -0.1) is 0 Å². The van der Waals surface area contributed by atoms with E-state index in [1.165, 1.54) is 0 Å². The molecule has 2 fully saturated rings. The Hall–Kier alpha value is -1.95. The number of carbonyl (C=O) groups excluding carboxylic acids is 2. The first-order valence-electron chi connectivity index (χ1n) is 10.5. The van der Waals surface area contributed by atoms with Crippen LogP contribution in [0, 0.1) is 5.41 Å². The third-order valence-corrected chi connectivity index (χ3v) is 6.07. The molecular weight excluding hydrogens is 354 g/mol. The number of nitrogens with zero attached hydrogens (tertiary/aromatic N) is 3. The molecule has 1 aromatic heterocycles. The number of hydrogen-bond acceptors (Lipinski definition) is 4. The molecule has 2 aliphatic heterocycles. The molecule has 3 heterocycles. The van der Waals surface area contributed by atoms with Crippen molar-refractivity contribution in [3.05, 3.63) is 30.1 Å². The van der Waals surface area contributed by atoms with Crippen LogP contribution in [0.25, 0.3) is 0 Å². The largest absolute Gasteiger partial charge is 0.366 e. The van der Waals surface area contributed by atoms with E-state index in [1.807, 2.05) is 48.8 Å². The number of likely N-dealkylation sites (tertiary alicyclic amines) is 2. The number of ether oxygens (including phenoxy) is 1. The van der Waals surface area contributed by atoms with Gasteiger partial charge in [-0.05, 0) is 57.6 Å². The Kier molecular flexibility index (Phi) is 6.70. The summed E-state index contributed by atoms with van der Waals surface area (Å²) in [7, 11) is 0. The summed E-state index contributed by atoms with van der Waals surface area (Å²) in [6.07, 6.45) is 5.71. The first kappa shape index (κ1) is 20.8. The molecule has 0 bridgehead atoms. The summed E-state index contributed by atoms with van der Waals surface area (Å²) >= 11 is 0. The van der Waals surface area contributed by atoms with E-state index < -0.39 is 6.10 Å². The quantitative estimate of drug-likeness (QED) is 0.753. The summed E-state index contributed by atoms with van der Waals surface area (Å²) < 4.78 is 5.66. The lowest BCUT2D eigenvalue weighted by Gasteiger charge is -2.47. The van der Waals surface area contributed by atoms with Crippen molar-refractivity contribution in [3.8, 4) is 0 Å². The molecule has 28 heavy (non-hydrogen) atoms. The molecule has 2 aliphatic rings. The van der Waals surface area contributed by atoms with Gasteiger partial charge in [-0.1, -0.05) is 6.07 Å². The van der Waals surface area contributed by atoms with Crippen molar-refractivity contribution in [2.75, 3.05) is 26.2 Å². The molecule has 2 amide bonds. The minimum atomic E-state index is -0.392. The smallest absolute Gasteiger partial charge is 0.251 e. The number of amides is 2. The molecular formula is C22H33N3O3. The molecule has 0 saturated carbocycles. The van der Waals surface area contributed by atoms with Crippen LogP contribution in [-0.2, 0) is 20.7 Å². The molecule has 1 spiro atoms. The molecule has 0 aliphatic carbocycles. The molecule has 1 aromatic rings. The minimum absolute atomic E-state index is 0.0482. The number of piperidine rings is 2. The second kappa shape index (κ2) is 9.03. The minimum Gasteiger partial charge on any atom is -0.366 e. The van der Waals surface area contributed by atoms with Crippen molar-refractivity contribution in [2.24, 2.45) is 5.41 Å². The summed E-state index contributed by atoms with van der Waals surface area (Å²) in [6.45, 7) is 8.78. The van der Waals surface area contributed by atoms with E-state index in [-0.39, 0.29) is 23.3 Å². The zero-order chi connectivity index (χ0) is 20.1. The normalized spacial score (nSPS) is 20.6. The predicted octanol–water partition coefficient (Wildman–Crippen LogP) is 2.67. The topological polar surface area (TPSA) is 62.7 Å². The van der Waals surface area contributed by atoms with Crippen LogP contribution >= 0.6 is 0 Å². The fraction of sp³-hybridized carbons (Fsp3) is 0.682. The molecule has 3 rings (SSSR count). The van der Waals surface area contributed by atoms with Crippen LogP contribution in [0.2, 0.25) is 0 Å². The Bertz CT molecular complexity index is 669. The number of aromatic nitrogens is 1. The van der Waals surface area contributed by atoms with Crippen LogP contribution in [0.4, 0.5) is 0 Å². The molecule has 0 radical (unpaired) electrons. The molecule has 0 unspecified atom stereocenters. The van der Waals surface area contributed by atoms with Crippen LogP contribution in [0.15, 0.2) is 24.4 Å². The maximum Gasteiger partial charge on any atom is 0.251 e. The summed E-state index contributed by atoms with van der Waals surface area (Å²) in [5.41, 5.74) is 1.17. The highest BCUT2D eigenvalue weighted by atomic mass is 16.5. The Balaban J connectivity index is 1.54. The van der Waals surface area contributed by atoms with E-state index in [9.17, 15) is 9.59 Å². The standard InChI is InChI=1S/C22H33N3O3/c1-17(2)28-18(3)21(27)24-14-10-22(11-15-24)9-7-20(26)25(16-22)13-8-19-6-4-5-12-23-19/h4-6,12,17-18H,7-11,13-16H2,1-3H3/t18-/m0/s1. The lowest BCUT2D eigenvalue weighted by atomic mass is 9.72. The van der Waals surface area contributed by atoms with Gasteiger partial charge in [0.05, 0.1) is 6.10 Å². The van der Waals surface area contributed by atoms with Crippen molar-refractivity contribution in [1.82, 2.24) is 14.8 Å². The first-order chi connectivity index (χ1) is 13.4. The number of pyridine rings is 1. The molecule has 2 saturated heterocycles.